The van der Waals surface area contributed by atoms with Gasteiger partial charge < -0.3 is 18.7 Å². The topological polar surface area (TPSA) is 213 Å². The van der Waals surface area contributed by atoms with E-state index in [9.17, 15) is 19.2 Å². The highest BCUT2D eigenvalue weighted by atomic mass is 16.5. The number of hydrazone groups is 3. The Morgan fingerprint density at radius 3 is 1.93 bits per heavy atom. The number of methoxy groups -OCH3 is 1. The fraction of sp³-hybridized carbons (Fsp3) is 0.143. The number of furan rings is 2. The Morgan fingerprint density at radius 2 is 1.38 bits per heavy atom. The van der Waals surface area contributed by atoms with Gasteiger partial charge in [-0.05, 0) is 105 Å². The van der Waals surface area contributed by atoms with Crippen molar-refractivity contribution in [3.8, 4) is 11.5 Å². The molecule has 16 heteroatoms. The number of carbonyl (C=O) groups is 4. The van der Waals surface area contributed by atoms with E-state index in [1.165, 1.54) is 36.7 Å². The van der Waals surface area contributed by atoms with E-state index in [-0.39, 0.29) is 37.4 Å². The quantitative estimate of drug-likeness (QED) is 0.0716. The molecule has 298 valence electrons. The Balaban J connectivity index is 0.000000197. The van der Waals surface area contributed by atoms with Crippen LogP contribution in [0.25, 0.3) is 10.9 Å². The molecule has 5 amide bonds. The minimum absolute atomic E-state index is 0. The molecule has 0 radical (unpaired) electrons. The molecule has 1 saturated heterocycles. The third-order valence-corrected chi connectivity index (χ3v) is 7.84. The lowest BCUT2D eigenvalue weighted by Gasteiger charge is -2.04. The molecule has 1 fully saturated rings. The van der Waals surface area contributed by atoms with Crippen LogP contribution in [0.4, 0.5) is 4.79 Å². The second kappa shape index (κ2) is 20.7. The number of urea groups is 1. The van der Waals surface area contributed by atoms with Gasteiger partial charge in [0.15, 0.2) is 0 Å². The van der Waals surface area contributed by atoms with Gasteiger partial charge in [0.2, 0.25) is 5.91 Å². The molecule has 3 aromatic heterocycles. The van der Waals surface area contributed by atoms with Gasteiger partial charge in [-0.15, -0.1) is 0 Å². The first-order valence-corrected chi connectivity index (χ1v) is 17.2. The van der Waals surface area contributed by atoms with Gasteiger partial charge in [-0.3, -0.25) is 24.7 Å². The van der Waals surface area contributed by atoms with E-state index in [2.05, 4.69) is 36.5 Å². The van der Waals surface area contributed by atoms with Crippen molar-refractivity contribution in [1.82, 2.24) is 26.2 Å². The number of benzene rings is 3. The molecular formula is C42H42N8O8. The van der Waals surface area contributed by atoms with E-state index in [1.807, 2.05) is 51.1 Å². The summed E-state index contributed by atoms with van der Waals surface area (Å²) in [4.78, 5) is 49.9. The lowest BCUT2D eigenvalue weighted by molar-refractivity contribution is -0.118. The maximum Gasteiger partial charge on any atom is 0.344 e. The van der Waals surface area contributed by atoms with Gasteiger partial charge >= 0.3 is 6.03 Å². The summed E-state index contributed by atoms with van der Waals surface area (Å²) in [7, 11) is 1.58. The molecule has 0 atom stereocenters. The van der Waals surface area contributed by atoms with Gasteiger partial charge in [-0.2, -0.15) is 15.3 Å². The van der Waals surface area contributed by atoms with Crippen LogP contribution in [0.15, 0.2) is 127 Å². The summed E-state index contributed by atoms with van der Waals surface area (Å²) < 4.78 is 15.5. The third-order valence-electron chi connectivity index (χ3n) is 7.84. The molecule has 4 heterocycles. The number of ether oxygens (including phenoxy) is 1. The Kier molecular flexibility index (Phi) is 15.3. The zero-order valence-corrected chi connectivity index (χ0v) is 31.3. The molecule has 7 rings (SSSR count). The minimum atomic E-state index is -0.514. The molecule has 0 saturated carbocycles. The van der Waals surface area contributed by atoms with Crippen LogP contribution < -0.4 is 20.9 Å². The molecule has 3 aromatic carbocycles. The van der Waals surface area contributed by atoms with E-state index in [1.54, 1.807) is 62.0 Å². The normalized spacial score (nSPS) is 12.1. The molecule has 16 nitrogen and oxygen atoms in total. The number of aromatic nitrogens is 1. The molecule has 0 spiro atoms. The highest BCUT2D eigenvalue weighted by Gasteiger charge is 2.26. The number of rotatable bonds is 9. The molecule has 0 bridgehead atoms. The Labute approximate surface area is 333 Å². The van der Waals surface area contributed by atoms with E-state index >= 15 is 0 Å². The summed E-state index contributed by atoms with van der Waals surface area (Å²) in [6.07, 6.45) is 6.21. The number of pyridine rings is 1. The zero-order valence-electron chi connectivity index (χ0n) is 31.3. The van der Waals surface area contributed by atoms with E-state index in [0.29, 0.717) is 28.4 Å². The van der Waals surface area contributed by atoms with Gasteiger partial charge in [0.25, 0.3) is 11.8 Å². The summed E-state index contributed by atoms with van der Waals surface area (Å²) in [5.41, 5.74) is 8.77. The number of aryl methyl sites for hydroxylation is 3. The number of phenolic OH excluding ortho intramolecular Hbond substituents is 1. The van der Waals surface area contributed by atoms with Crippen LogP contribution in [0.1, 0.15) is 62.3 Å². The minimum Gasteiger partial charge on any atom is -0.508 e. The third kappa shape index (κ3) is 12.3. The van der Waals surface area contributed by atoms with E-state index in [4.69, 9.17) is 18.7 Å². The Morgan fingerprint density at radius 1 is 0.793 bits per heavy atom. The standard InChI is InChI=1S/C19H17N3O2.C13H12N2O3.C9H9N3O3.CH4/c1-13-5-6-15(17-4-3-11-20-18(13)17)12-21-22-19(23)14-7-9-16(24-2)10-8-14;1-9-2-7-12(18-9)8-14-15-13(17)10-3-5-11(16)6-4-10;1-6-2-3-7(15-6)4-10-12-5-8(13)11-9(12)14;/h3-12H,1-2H3,(H,22,23);2-8,16H,1H3,(H,15,17);2-4H,5H2,1H3,(H,11,13,14);1H4/b21-12+;14-8+;10-4+;. The smallest absolute Gasteiger partial charge is 0.344 e. The highest BCUT2D eigenvalue weighted by molar-refractivity contribution is 6.02. The van der Waals surface area contributed by atoms with Crippen LogP contribution >= 0.6 is 0 Å². The first kappa shape index (κ1) is 42.9. The van der Waals surface area contributed by atoms with Crippen LogP contribution in [0.2, 0.25) is 0 Å². The molecular weight excluding hydrogens is 745 g/mol. The zero-order chi connectivity index (χ0) is 40.7. The molecule has 4 N–H and O–H groups in total. The van der Waals surface area contributed by atoms with Crippen molar-refractivity contribution in [2.75, 3.05) is 13.7 Å². The first-order chi connectivity index (χ1) is 27.5. The van der Waals surface area contributed by atoms with E-state index < -0.39 is 6.03 Å². The molecule has 0 aliphatic carbocycles. The van der Waals surface area contributed by atoms with Crippen molar-refractivity contribution in [3.05, 3.63) is 149 Å². The predicted molar refractivity (Wildman–Crippen MR) is 219 cm³/mol. The average Bonchev–Trinajstić information content (AvgIpc) is 3.93. The number of hydrogen-bond donors (Lipinski definition) is 4. The van der Waals surface area contributed by atoms with Crippen LogP contribution in [0.3, 0.4) is 0 Å². The molecule has 0 unspecified atom stereocenters. The lowest BCUT2D eigenvalue weighted by atomic mass is 10.1. The van der Waals surface area contributed by atoms with Crippen molar-refractivity contribution >= 4 is 53.3 Å². The Hall–Kier alpha value is -7.88. The van der Waals surface area contributed by atoms with Crippen LogP contribution in [-0.2, 0) is 4.79 Å². The maximum atomic E-state index is 12.1. The fourth-order valence-electron chi connectivity index (χ4n) is 4.94. The average molecular weight is 787 g/mol. The summed E-state index contributed by atoms with van der Waals surface area (Å²) >= 11 is 0. The monoisotopic (exact) mass is 786 g/mol. The van der Waals surface area contributed by atoms with Crippen molar-refractivity contribution in [3.63, 3.8) is 0 Å². The largest absolute Gasteiger partial charge is 0.508 e. The summed E-state index contributed by atoms with van der Waals surface area (Å²) in [6.45, 7) is 5.60. The number of hydrogen-bond acceptors (Lipinski definition) is 12. The van der Waals surface area contributed by atoms with Crippen LogP contribution in [-0.4, -0.2) is 71.2 Å². The van der Waals surface area contributed by atoms with Crippen molar-refractivity contribution in [2.45, 2.75) is 28.2 Å². The van der Waals surface area contributed by atoms with Crippen molar-refractivity contribution in [2.24, 2.45) is 15.3 Å². The van der Waals surface area contributed by atoms with Crippen molar-refractivity contribution in [1.29, 1.82) is 0 Å². The number of carbonyl (C=O) groups excluding carboxylic acids is 4. The first-order valence-electron chi connectivity index (χ1n) is 17.2. The molecule has 6 aromatic rings. The lowest BCUT2D eigenvalue weighted by Crippen LogP contribution is -2.24. The van der Waals surface area contributed by atoms with Gasteiger partial charge in [0, 0.05) is 28.3 Å². The number of imide groups is 1. The van der Waals surface area contributed by atoms with Crippen LogP contribution in [0.5, 0.6) is 11.5 Å². The van der Waals surface area contributed by atoms with Gasteiger partial charge in [-0.25, -0.2) is 20.7 Å². The van der Waals surface area contributed by atoms with E-state index in [0.717, 1.165) is 38.6 Å². The number of aromatic hydroxyl groups is 1. The van der Waals surface area contributed by atoms with Gasteiger partial charge in [-0.1, -0.05) is 25.6 Å². The maximum absolute atomic E-state index is 12.1. The predicted octanol–water partition coefficient (Wildman–Crippen LogP) is 6.48. The number of nitrogens with zero attached hydrogens (tertiary/aromatic N) is 5. The second-order valence-corrected chi connectivity index (χ2v) is 12.1. The molecule has 1 aliphatic rings. The van der Waals surface area contributed by atoms with Gasteiger partial charge in [0.05, 0.1) is 31.3 Å². The number of fused-ring (bicyclic) bond motifs is 1. The highest BCUT2D eigenvalue weighted by Crippen LogP contribution is 2.19. The molecule has 1 aliphatic heterocycles. The number of amides is 5. The Bertz CT molecular complexity index is 2430. The summed E-state index contributed by atoms with van der Waals surface area (Å²) in [5, 5.41) is 24.9. The SMILES string of the molecule is C.COc1ccc(C(=O)N/N=C/c2ccc(C)c3ncccc23)cc1.Cc1ccc(/C=N/N2CC(=O)NC2=O)o1.Cc1ccc(/C=N/NC(=O)c2ccc(O)cc2)o1. The molecule has 58 heavy (non-hydrogen) atoms. The number of phenols is 1. The van der Waals surface area contributed by atoms with Crippen LogP contribution in [0, 0.1) is 20.8 Å². The summed E-state index contributed by atoms with van der Waals surface area (Å²) in [6, 6.07) is 27.1. The summed E-state index contributed by atoms with van der Waals surface area (Å²) in [5.74, 6) is 2.48. The second-order valence-electron chi connectivity index (χ2n) is 12.1. The fourth-order valence-corrected chi connectivity index (χ4v) is 4.94. The van der Waals surface area contributed by atoms with Gasteiger partial charge in [0.1, 0.15) is 41.1 Å². The number of nitrogens with one attached hydrogen (secondary N) is 3. The van der Waals surface area contributed by atoms with Crippen molar-refractivity contribution < 1.29 is 37.9 Å².